The Morgan fingerprint density at radius 1 is 1.54 bits per heavy atom. The third-order valence-electron chi connectivity index (χ3n) is 2.77. The molecule has 0 heteroatoms. The second-order valence-corrected chi connectivity index (χ2v) is 4.63. The van der Waals surface area contributed by atoms with Crippen molar-refractivity contribution in [2.45, 2.75) is 40.0 Å². The van der Waals surface area contributed by atoms with Gasteiger partial charge in [0.25, 0.3) is 0 Å². The predicted molar refractivity (Wildman–Crippen MR) is 59.4 cm³/mol. The molecule has 0 heterocycles. The Balaban J connectivity index is 2.55. The Morgan fingerprint density at radius 2 is 2.23 bits per heavy atom. The first kappa shape index (κ1) is 10.6. The molecule has 0 nitrogen and oxygen atoms in total. The SMILES string of the molecule is [CH2]C1(CC)C=CC(CC(C)C)=CC1. The van der Waals surface area contributed by atoms with E-state index in [9.17, 15) is 0 Å². The highest BCUT2D eigenvalue weighted by molar-refractivity contribution is 5.27. The summed E-state index contributed by atoms with van der Waals surface area (Å²) in [7, 11) is 0. The minimum atomic E-state index is 0.181. The molecular formula is C13H21. The second kappa shape index (κ2) is 4.13. The van der Waals surface area contributed by atoms with Crippen molar-refractivity contribution in [1.29, 1.82) is 0 Å². The monoisotopic (exact) mass is 177 g/mol. The summed E-state index contributed by atoms with van der Waals surface area (Å²) in [5.74, 6) is 0.759. The molecule has 0 saturated carbocycles. The van der Waals surface area contributed by atoms with Crippen molar-refractivity contribution in [3.05, 3.63) is 30.7 Å². The molecule has 1 aliphatic carbocycles. The van der Waals surface area contributed by atoms with Gasteiger partial charge in [0, 0.05) is 0 Å². The molecule has 1 aliphatic rings. The molecule has 0 aromatic rings. The van der Waals surface area contributed by atoms with Crippen molar-refractivity contribution in [1.82, 2.24) is 0 Å². The zero-order chi connectivity index (χ0) is 9.90. The molecule has 1 radical (unpaired) electrons. The smallest absolute Gasteiger partial charge is 0.00826 e. The van der Waals surface area contributed by atoms with Gasteiger partial charge in [-0.3, -0.25) is 0 Å². The van der Waals surface area contributed by atoms with Crippen molar-refractivity contribution in [2.24, 2.45) is 11.3 Å². The van der Waals surface area contributed by atoms with Crippen molar-refractivity contribution in [3.8, 4) is 0 Å². The van der Waals surface area contributed by atoms with Crippen molar-refractivity contribution >= 4 is 0 Å². The highest BCUT2D eigenvalue weighted by atomic mass is 14.2. The number of allylic oxidation sites excluding steroid dienone is 4. The molecule has 0 spiro atoms. The first-order chi connectivity index (χ1) is 6.06. The van der Waals surface area contributed by atoms with Crippen LogP contribution in [0.25, 0.3) is 0 Å². The van der Waals surface area contributed by atoms with Gasteiger partial charge in [-0.05, 0) is 37.5 Å². The van der Waals surface area contributed by atoms with Crippen LogP contribution in [0.1, 0.15) is 40.0 Å². The van der Waals surface area contributed by atoms with Crippen molar-refractivity contribution < 1.29 is 0 Å². The zero-order valence-electron chi connectivity index (χ0n) is 9.14. The summed E-state index contributed by atoms with van der Waals surface area (Å²) in [6.07, 6.45) is 10.4. The van der Waals surface area contributed by atoms with Crippen LogP contribution in [0.3, 0.4) is 0 Å². The van der Waals surface area contributed by atoms with Crippen LogP contribution in [0.2, 0.25) is 0 Å². The maximum Gasteiger partial charge on any atom is -0.00826 e. The Morgan fingerprint density at radius 3 is 2.62 bits per heavy atom. The summed E-state index contributed by atoms with van der Waals surface area (Å²) >= 11 is 0. The molecule has 0 N–H and O–H groups in total. The summed E-state index contributed by atoms with van der Waals surface area (Å²) in [6.45, 7) is 11.0. The highest BCUT2D eigenvalue weighted by Gasteiger charge is 2.19. The van der Waals surface area contributed by atoms with Crippen LogP contribution in [0, 0.1) is 18.3 Å². The topological polar surface area (TPSA) is 0 Å². The van der Waals surface area contributed by atoms with E-state index in [4.69, 9.17) is 0 Å². The Labute approximate surface area is 82.7 Å². The van der Waals surface area contributed by atoms with Gasteiger partial charge in [0.1, 0.15) is 0 Å². The van der Waals surface area contributed by atoms with Crippen LogP contribution < -0.4 is 0 Å². The van der Waals surface area contributed by atoms with E-state index in [1.54, 1.807) is 0 Å². The largest absolute Gasteiger partial charge is 0.0805 e. The minimum absolute atomic E-state index is 0.181. The molecule has 1 atom stereocenters. The third-order valence-corrected chi connectivity index (χ3v) is 2.77. The molecule has 0 saturated heterocycles. The van der Waals surface area contributed by atoms with Gasteiger partial charge in [0.15, 0.2) is 0 Å². The molecule has 0 amide bonds. The van der Waals surface area contributed by atoms with Crippen molar-refractivity contribution in [2.75, 3.05) is 0 Å². The lowest BCUT2D eigenvalue weighted by molar-refractivity contribution is 0.466. The first-order valence-electron chi connectivity index (χ1n) is 5.29. The fourth-order valence-electron chi connectivity index (χ4n) is 1.64. The van der Waals surface area contributed by atoms with E-state index >= 15 is 0 Å². The molecule has 0 bridgehead atoms. The van der Waals surface area contributed by atoms with Crippen molar-refractivity contribution in [3.63, 3.8) is 0 Å². The van der Waals surface area contributed by atoms with Gasteiger partial charge in [-0.1, -0.05) is 44.6 Å². The predicted octanol–water partition coefficient (Wildman–Crippen LogP) is 4.15. The van der Waals surface area contributed by atoms with Crippen LogP contribution in [0.4, 0.5) is 0 Å². The van der Waals surface area contributed by atoms with Gasteiger partial charge >= 0.3 is 0 Å². The summed E-state index contributed by atoms with van der Waals surface area (Å²) in [6, 6.07) is 0. The van der Waals surface area contributed by atoms with Gasteiger partial charge < -0.3 is 0 Å². The molecular weight excluding hydrogens is 156 g/mol. The van der Waals surface area contributed by atoms with E-state index in [2.05, 4.69) is 45.9 Å². The maximum atomic E-state index is 4.23. The average molecular weight is 177 g/mol. The van der Waals surface area contributed by atoms with Crippen LogP contribution in [-0.2, 0) is 0 Å². The second-order valence-electron chi connectivity index (χ2n) is 4.63. The molecule has 13 heavy (non-hydrogen) atoms. The number of hydrogen-bond donors (Lipinski definition) is 0. The van der Waals surface area contributed by atoms with Gasteiger partial charge in [-0.25, -0.2) is 0 Å². The van der Waals surface area contributed by atoms with E-state index in [1.165, 1.54) is 12.0 Å². The lowest BCUT2D eigenvalue weighted by atomic mass is 9.79. The zero-order valence-corrected chi connectivity index (χ0v) is 9.14. The fraction of sp³-hybridized carbons (Fsp3) is 0.615. The van der Waals surface area contributed by atoms with E-state index in [-0.39, 0.29) is 5.41 Å². The number of rotatable bonds is 3. The Hall–Kier alpha value is -0.520. The Bertz CT molecular complexity index is 220. The van der Waals surface area contributed by atoms with E-state index in [0.29, 0.717) is 0 Å². The first-order valence-corrected chi connectivity index (χ1v) is 5.29. The van der Waals surface area contributed by atoms with Gasteiger partial charge in [0.2, 0.25) is 0 Å². The molecule has 0 aliphatic heterocycles. The summed E-state index contributed by atoms with van der Waals surface area (Å²) < 4.78 is 0. The molecule has 0 aromatic carbocycles. The molecule has 0 aromatic heterocycles. The van der Waals surface area contributed by atoms with Gasteiger partial charge in [-0.15, -0.1) is 0 Å². The van der Waals surface area contributed by atoms with Gasteiger partial charge in [0.05, 0.1) is 0 Å². The quantitative estimate of drug-likeness (QED) is 0.607. The van der Waals surface area contributed by atoms with Crippen LogP contribution >= 0.6 is 0 Å². The third kappa shape index (κ3) is 3.02. The summed E-state index contributed by atoms with van der Waals surface area (Å²) in [5.41, 5.74) is 1.67. The molecule has 0 fully saturated rings. The van der Waals surface area contributed by atoms with E-state index < -0.39 is 0 Å². The molecule has 1 rings (SSSR count). The molecule has 1 unspecified atom stereocenters. The minimum Gasteiger partial charge on any atom is -0.0805 e. The highest BCUT2D eigenvalue weighted by Crippen LogP contribution is 2.33. The lowest BCUT2D eigenvalue weighted by Gasteiger charge is -2.26. The molecule has 73 valence electrons. The van der Waals surface area contributed by atoms with Gasteiger partial charge in [-0.2, -0.15) is 0 Å². The van der Waals surface area contributed by atoms with Crippen LogP contribution in [0.15, 0.2) is 23.8 Å². The normalized spacial score (nSPS) is 27.9. The van der Waals surface area contributed by atoms with Crippen LogP contribution in [-0.4, -0.2) is 0 Å². The summed E-state index contributed by atoms with van der Waals surface area (Å²) in [4.78, 5) is 0. The maximum absolute atomic E-state index is 4.23. The lowest BCUT2D eigenvalue weighted by Crippen LogP contribution is -2.13. The standard InChI is InChI=1S/C13H21/c1-5-13(4)8-6-12(7-9-13)10-11(2)3/h6-8,11H,4-5,9-10H2,1-3H3. The Kier molecular flexibility index (Phi) is 3.35. The fourth-order valence-corrected chi connectivity index (χ4v) is 1.64. The van der Waals surface area contributed by atoms with Crippen LogP contribution in [0.5, 0.6) is 0 Å². The summed E-state index contributed by atoms with van der Waals surface area (Å²) in [5, 5.41) is 0. The average Bonchev–Trinajstić information content (AvgIpc) is 2.09. The number of hydrogen-bond acceptors (Lipinski definition) is 0. The van der Waals surface area contributed by atoms with E-state index in [1.807, 2.05) is 0 Å². The van der Waals surface area contributed by atoms with E-state index in [0.717, 1.165) is 18.8 Å².